The van der Waals surface area contributed by atoms with Crippen molar-refractivity contribution in [1.29, 1.82) is 0 Å². The Morgan fingerprint density at radius 2 is 1.70 bits per heavy atom. The molecule has 0 aliphatic carbocycles. The number of benzene rings is 1. The summed E-state index contributed by atoms with van der Waals surface area (Å²) in [7, 11) is -2.34. The first-order valence-corrected chi connectivity index (χ1v) is 16.5. The summed E-state index contributed by atoms with van der Waals surface area (Å²) in [6.07, 6.45) is 11.0. The van der Waals surface area contributed by atoms with Gasteiger partial charge >= 0.3 is 0 Å². The zero-order valence-corrected chi connectivity index (χ0v) is 24.7. The average molecular weight is 591 g/mol. The van der Waals surface area contributed by atoms with Crippen molar-refractivity contribution in [1.82, 2.24) is 24.7 Å². The van der Waals surface area contributed by atoms with Crippen LogP contribution in [0.1, 0.15) is 12.7 Å². The van der Waals surface area contributed by atoms with Crippen LogP contribution in [0.15, 0.2) is 58.3 Å². The van der Waals surface area contributed by atoms with E-state index in [-0.39, 0.29) is 29.0 Å². The third-order valence-corrected chi connectivity index (χ3v) is 9.08. The van der Waals surface area contributed by atoms with E-state index in [1.807, 2.05) is 0 Å². The average Bonchev–Trinajstić information content (AvgIpc) is 3.59. The van der Waals surface area contributed by atoms with E-state index in [2.05, 4.69) is 38.9 Å². The Labute approximate surface area is 234 Å². The Balaban J connectivity index is 1.98. The second-order valence-electron chi connectivity index (χ2n) is 9.53. The van der Waals surface area contributed by atoms with Gasteiger partial charge in [-0.3, -0.25) is 4.57 Å². The summed E-state index contributed by atoms with van der Waals surface area (Å²) in [5.74, 6) is 1.40. The molecule has 0 aliphatic rings. The molecule has 0 aliphatic heterocycles. The fraction of sp³-hybridized carbons (Fsp3) is 0.308. The van der Waals surface area contributed by atoms with Gasteiger partial charge in [-0.25, -0.2) is 37.1 Å². The Kier molecular flexibility index (Phi) is 8.49. The predicted molar refractivity (Wildman–Crippen MR) is 154 cm³/mol. The summed E-state index contributed by atoms with van der Waals surface area (Å²) in [6.45, 7) is 1.53. The maximum Gasteiger partial charge on any atom is 0.262 e. The van der Waals surface area contributed by atoms with Crippen LogP contribution in [-0.2, 0) is 10.0 Å². The maximum absolute atomic E-state index is 14.2. The normalized spacial score (nSPS) is 12.8. The van der Waals surface area contributed by atoms with Crippen LogP contribution in [0.4, 0.5) is 10.3 Å². The quantitative estimate of drug-likeness (QED) is 0.250. The number of methoxy groups -OCH3 is 2. The van der Waals surface area contributed by atoms with Crippen LogP contribution in [-0.4, -0.2) is 78.4 Å². The molecule has 0 spiro atoms. The van der Waals surface area contributed by atoms with E-state index in [0.717, 1.165) is 12.4 Å². The summed E-state index contributed by atoms with van der Waals surface area (Å²) in [5, 5.41) is 8.70. The largest absolute Gasteiger partial charge is 0.494 e. The molecule has 214 valence electrons. The van der Waals surface area contributed by atoms with Crippen molar-refractivity contribution in [2.24, 2.45) is 0 Å². The Bertz CT molecular complexity index is 1580. The fourth-order valence-electron chi connectivity index (χ4n) is 3.77. The van der Waals surface area contributed by atoms with E-state index in [1.54, 1.807) is 34.9 Å². The smallest absolute Gasteiger partial charge is 0.262 e. The molecule has 0 saturated carbocycles. The van der Waals surface area contributed by atoms with Crippen LogP contribution < -0.4 is 13.8 Å². The van der Waals surface area contributed by atoms with Crippen LogP contribution in [0.2, 0.25) is 0 Å². The van der Waals surface area contributed by atoms with Crippen molar-refractivity contribution in [2.75, 3.05) is 49.6 Å². The second kappa shape index (κ2) is 11.7. The van der Waals surface area contributed by atoms with Crippen molar-refractivity contribution in [3.63, 3.8) is 0 Å². The topological polar surface area (TPSA) is 125 Å². The van der Waals surface area contributed by atoms with Crippen LogP contribution in [0.3, 0.4) is 0 Å². The fourth-order valence-corrected chi connectivity index (χ4v) is 5.88. The molecule has 3 heterocycles. The third-order valence-electron chi connectivity index (χ3n) is 5.81. The second-order valence-corrected chi connectivity index (χ2v) is 16.2. The first-order chi connectivity index (χ1) is 19.0. The highest BCUT2D eigenvalue weighted by Gasteiger charge is 2.34. The summed E-state index contributed by atoms with van der Waals surface area (Å²) in [4.78, 5) is 7.69. The molecule has 3 aromatic heterocycles. The van der Waals surface area contributed by atoms with E-state index in [1.165, 1.54) is 37.8 Å². The van der Waals surface area contributed by atoms with Gasteiger partial charge in [-0.2, -0.15) is 0 Å². The molecule has 40 heavy (non-hydrogen) atoms. The predicted octanol–water partition coefficient (Wildman–Crippen LogP) is 4.36. The standard InChI is InChI=1S/C26H31FN6O5S2/c1-18(15-23-28-16-19(27)17-29-23)40(34,35)32(12-14-39(4,5)6)26-31-30-25(22-11-8-13-38-22)33(26)24-20(36-2)9-7-10-21(24)37-3/h7-11,13,15-17H,12,14H2,1-6H3/b18-15+. The van der Waals surface area contributed by atoms with Gasteiger partial charge in [0.1, 0.15) is 17.2 Å². The molecule has 0 fully saturated rings. The molecule has 14 heteroatoms. The number of sulfonamides is 1. The minimum absolute atomic E-state index is 0.00521. The number of rotatable bonds is 11. The van der Waals surface area contributed by atoms with Crippen LogP contribution in [0, 0.1) is 5.82 Å². The number of halogens is 1. The summed E-state index contributed by atoms with van der Waals surface area (Å²) in [6, 6.07) is 8.60. The first-order valence-electron chi connectivity index (χ1n) is 12.0. The van der Waals surface area contributed by atoms with Gasteiger partial charge in [0.15, 0.2) is 17.4 Å². The number of hydrogen-bond acceptors (Lipinski definition) is 9. The van der Waals surface area contributed by atoms with Gasteiger partial charge in [-0.05, 0) is 61.8 Å². The number of hydrogen-bond donors (Lipinski definition) is 0. The Morgan fingerprint density at radius 1 is 1.05 bits per heavy atom. The highest BCUT2D eigenvalue weighted by molar-refractivity contribution is 8.32. The highest BCUT2D eigenvalue weighted by atomic mass is 32.3. The zero-order chi connectivity index (χ0) is 29.1. The number of furan rings is 1. The van der Waals surface area contributed by atoms with E-state index in [4.69, 9.17) is 13.9 Å². The Morgan fingerprint density at radius 3 is 2.25 bits per heavy atom. The monoisotopic (exact) mass is 590 g/mol. The van der Waals surface area contributed by atoms with Crippen molar-refractivity contribution in [2.45, 2.75) is 6.92 Å². The van der Waals surface area contributed by atoms with E-state index in [9.17, 15) is 12.8 Å². The van der Waals surface area contributed by atoms with Crippen molar-refractivity contribution in [3.05, 3.63) is 65.5 Å². The van der Waals surface area contributed by atoms with E-state index < -0.39 is 25.9 Å². The number of allylic oxidation sites excluding steroid dienone is 1. The molecule has 4 aromatic rings. The first kappa shape index (κ1) is 29.1. The molecule has 1 aromatic carbocycles. The molecule has 0 saturated heterocycles. The lowest BCUT2D eigenvalue weighted by Crippen LogP contribution is -2.36. The number of anilines is 1. The lowest BCUT2D eigenvalue weighted by atomic mass is 10.2. The number of nitrogens with zero attached hydrogens (tertiary/aromatic N) is 6. The lowest BCUT2D eigenvalue weighted by molar-refractivity contribution is 0.391. The molecule has 0 radical (unpaired) electrons. The molecule has 0 amide bonds. The molecular formula is C26H31FN6O5S2. The lowest BCUT2D eigenvalue weighted by Gasteiger charge is -2.30. The third kappa shape index (κ3) is 6.12. The van der Waals surface area contributed by atoms with E-state index in [0.29, 0.717) is 28.7 Å². The van der Waals surface area contributed by atoms with E-state index >= 15 is 0 Å². The van der Waals surface area contributed by atoms with Crippen molar-refractivity contribution < 1.29 is 26.7 Å². The molecular weight excluding hydrogens is 559 g/mol. The maximum atomic E-state index is 14.2. The molecule has 0 unspecified atom stereocenters. The minimum Gasteiger partial charge on any atom is -0.494 e. The van der Waals surface area contributed by atoms with Gasteiger partial charge in [-0.15, -0.1) is 10.2 Å². The van der Waals surface area contributed by atoms with Gasteiger partial charge in [0, 0.05) is 6.54 Å². The summed E-state index contributed by atoms with van der Waals surface area (Å²) >= 11 is 0. The molecule has 0 atom stereocenters. The molecule has 11 nitrogen and oxygen atoms in total. The van der Waals surface area contributed by atoms with Gasteiger partial charge in [0.2, 0.25) is 11.8 Å². The molecule has 0 N–H and O–H groups in total. The van der Waals surface area contributed by atoms with Crippen LogP contribution in [0.5, 0.6) is 11.5 Å². The van der Waals surface area contributed by atoms with Crippen molar-refractivity contribution in [3.8, 4) is 28.8 Å². The van der Waals surface area contributed by atoms with Gasteiger partial charge < -0.3 is 13.9 Å². The SMILES string of the molecule is COc1cccc(OC)c1-n1c(-c2ccco2)nnc1N(CCS(C)(C)C)S(=O)(=O)/C(C)=C/c1ncc(F)cn1. The minimum atomic E-state index is -4.21. The van der Waals surface area contributed by atoms with Gasteiger partial charge in [0.05, 0.1) is 37.8 Å². The molecule has 0 bridgehead atoms. The number of ether oxygens (including phenoxy) is 2. The molecule has 4 rings (SSSR count). The van der Waals surface area contributed by atoms with Gasteiger partial charge in [0.25, 0.3) is 10.0 Å². The van der Waals surface area contributed by atoms with Gasteiger partial charge in [-0.1, -0.05) is 6.07 Å². The highest BCUT2D eigenvalue weighted by Crippen LogP contribution is 2.40. The van der Waals surface area contributed by atoms with Crippen LogP contribution >= 0.6 is 10.0 Å². The summed E-state index contributed by atoms with van der Waals surface area (Å²) in [5.41, 5.74) is 0.394. The number of para-hydroxylation sites is 1. The zero-order valence-electron chi connectivity index (χ0n) is 23.0. The number of aromatic nitrogens is 5. The Hall–Kier alpha value is -3.91. The van der Waals surface area contributed by atoms with Crippen molar-refractivity contribution >= 4 is 32.1 Å². The van der Waals surface area contributed by atoms with Crippen LogP contribution in [0.25, 0.3) is 23.3 Å². The summed E-state index contributed by atoms with van der Waals surface area (Å²) < 4.78 is 61.4.